The smallest absolute Gasteiger partial charge is 0.150 e. The molecule has 0 atom stereocenters. The number of rotatable bonds is 5. The Morgan fingerprint density at radius 3 is 2.10 bits per heavy atom. The van der Waals surface area contributed by atoms with E-state index in [2.05, 4.69) is 67.5 Å². The molecule has 0 N–H and O–H groups in total. The molecule has 0 radical (unpaired) electrons. The van der Waals surface area contributed by atoms with Crippen LogP contribution in [0.15, 0.2) is 30.3 Å². The third-order valence-corrected chi connectivity index (χ3v) is 5.73. The van der Waals surface area contributed by atoms with E-state index < -0.39 is 0 Å². The fraction of sp³-hybridized carbons (Fsp3) is 0.520. The molecule has 0 aliphatic rings. The Bertz CT molecular complexity index is 1040. The largest absolute Gasteiger partial charge is 0.488 e. The number of hydrogen-bond donors (Lipinski definition) is 0. The summed E-state index contributed by atoms with van der Waals surface area (Å²) in [4.78, 5) is 1.71. The van der Waals surface area contributed by atoms with Crippen LogP contribution in [-0.2, 0) is 10.8 Å². The van der Waals surface area contributed by atoms with Crippen molar-refractivity contribution in [2.24, 2.45) is 0 Å². The number of hydrogen-bond acceptors (Lipinski definition) is 3. The highest BCUT2D eigenvalue weighted by Gasteiger charge is 2.28. The van der Waals surface area contributed by atoms with Crippen LogP contribution in [0.1, 0.15) is 79.4 Å². The van der Waals surface area contributed by atoms with E-state index in [-0.39, 0.29) is 16.9 Å². The summed E-state index contributed by atoms with van der Waals surface area (Å²) in [6.07, 6.45) is 2.04. The van der Waals surface area contributed by atoms with Crippen molar-refractivity contribution in [2.45, 2.75) is 85.2 Å². The van der Waals surface area contributed by atoms with Gasteiger partial charge in [0, 0.05) is 10.6 Å². The van der Waals surface area contributed by atoms with Gasteiger partial charge in [-0.05, 0) is 53.5 Å². The van der Waals surface area contributed by atoms with Gasteiger partial charge in [0.2, 0.25) is 0 Å². The first-order valence-corrected chi connectivity index (χ1v) is 11.2. The van der Waals surface area contributed by atoms with E-state index in [1.165, 1.54) is 11.1 Å². The molecule has 162 valence electrons. The summed E-state index contributed by atoms with van der Waals surface area (Å²) in [5, 5.41) is 10.2. The van der Waals surface area contributed by atoms with Gasteiger partial charge in [0.25, 0.3) is 0 Å². The van der Waals surface area contributed by atoms with Gasteiger partial charge in [0.05, 0.1) is 6.10 Å². The molecule has 0 fully saturated rings. The van der Waals surface area contributed by atoms with E-state index >= 15 is 0 Å². The summed E-state index contributed by atoms with van der Waals surface area (Å²) in [5.41, 5.74) is 4.77. The number of aromatic nitrogens is 3. The molecule has 0 unspecified atom stereocenters. The molecule has 3 rings (SSSR count). The average molecular weight is 428 g/mol. The van der Waals surface area contributed by atoms with Gasteiger partial charge in [0.1, 0.15) is 16.7 Å². The van der Waals surface area contributed by atoms with Crippen molar-refractivity contribution in [1.82, 2.24) is 15.0 Å². The van der Waals surface area contributed by atoms with Crippen LogP contribution < -0.4 is 4.74 Å². The van der Waals surface area contributed by atoms with Crippen LogP contribution in [0.5, 0.6) is 5.75 Å². The summed E-state index contributed by atoms with van der Waals surface area (Å²) in [7, 11) is 0. The van der Waals surface area contributed by atoms with Crippen LogP contribution in [0.2, 0.25) is 5.02 Å². The van der Waals surface area contributed by atoms with Crippen molar-refractivity contribution in [2.75, 3.05) is 0 Å². The van der Waals surface area contributed by atoms with Gasteiger partial charge in [-0.3, -0.25) is 0 Å². The monoisotopic (exact) mass is 427 g/mol. The molecule has 3 aromatic rings. The highest BCUT2D eigenvalue weighted by Crippen LogP contribution is 2.41. The minimum absolute atomic E-state index is 0.0158. The second-order valence-corrected chi connectivity index (χ2v) is 10.5. The number of nitrogens with zero attached hydrogens (tertiary/aromatic N) is 3. The van der Waals surface area contributed by atoms with E-state index in [4.69, 9.17) is 26.5 Å². The Morgan fingerprint density at radius 1 is 0.900 bits per heavy atom. The molecule has 0 aliphatic carbocycles. The van der Waals surface area contributed by atoms with Gasteiger partial charge in [-0.25, -0.2) is 0 Å². The number of fused-ring (bicyclic) bond motifs is 1. The minimum atomic E-state index is -0.0900. The molecule has 1 heterocycles. The first kappa shape index (κ1) is 22.6. The van der Waals surface area contributed by atoms with Crippen molar-refractivity contribution in [3.63, 3.8) is 0 Å². The molecule has 30 heavy (non-hydrogen) atoms. The van der Waals surface area contributed by atoms with E-state index in [9.17, 15) is 0 Å². The van der Waals surface area contributed by atoms with Crippen LogP contribution in [0, 0.1) is 0 Å². The zero-order valence-electron chi connectivity index (χ0n) is 19.5. The first-order valence-electron chi connectivity index (χ1n) is 10.8. The van der Waals surface area contributed by atoms with Crippen molar-refractivity contribution in [1.29, 1.82) is 0 Å². The van der Waals surface area contributed by atoms with Crippen molar-refractivity contribution < 1.29 is 4.74 Å². The summed E-state index contributed by atoms with van der Waals surface area (Å²) < 4.78 is 6.62. The molecular weight excluding hydrogens is 394 g/mol. The van der Waals surface area contributed by atoms with Crippen molar-refractivity contribution >= 4 is 22.6 Å². The van der Waals surface area contributed by atoms with Crippen LogP contribution in [0.25, 0.3) is 16.7 Å². The SMILES string of the molecule is CCC(CC)Oc1c(-n2nc3ccc(Cl)cc3n2)cc(C(C)(C)C)cc1C(C)(C)C. The van der Waals surface area contributed by atoms with E-state index in [0.29, 0.717) is 5.02 Å². The fourth-order valence-electron chi connectivity index (χ4n) is 3.49. The molecular formula is C25H34ClN3O. The zero-order chi connectivity index (χ0) is 22.3. The van der Waals surface area contributed by atoms with Crippen LogP contribution in [0.3, 0.4) is 0 Å². The normalized spacial score (nSPS) is 12.7. The van der Waals surface area contributed by atoms with Crippen LogP contribution >= 0.6 is 11.6 Å². The second-order valence-electron chi connectivity index (χ2n) is 10.1. The van der Waals surface area contributed by atoms with E-state index in [1.54, 1.807) is 4.80 Å². The Kier molecular flexibility index (Phi) is 6.20. The summed E-state index contributed by atoms with van der Waals surface area (Å²) in [6.45, 7) is 17.7. The molecule has 0 amide bonds. The zero-order valence-corrected chi connectivity index (χ0v) is 20.3. The lowest BCUT2D eigenvalue weighted by atomic mass is 9.79. The third kappa shape index (κ3) is 4.64. The quantitative estimate of drug-likeness (QED) is 0.430. The lowest BCUT2D eigenvalue weighted by Crippen LogP contribution is -2.23. The number of ether oxygens (including phenoxy) is 1. The highest BCUT2D eigenvalue weighted by atomic mass is 35.5. The fourth-order valence-corrected chi connectivity index (χ4v) is 3.66. The first-order chi connectivity index (χ1) is 13.9. The van der Waals surface area contributed by atoms with E-state index in [1.807, 2.05) is 18.2 Å². The molecule has 0 spiro atoms. The predicted octanol–water partition coefficient (Wildman–Crippen LogP) is 7.24. The Hall–Kier alpha value is -2.07. The summed E-state index contributed by atoms with van der Waals surface area (Å²) >= 11 is 6.18. The number of halogens is 1. The van der Waals surface area contributed by atoms with Crippen LogP contribution in [0.4, 0.5) is 0 Å². The maximum Gasteiger partial charge on any atom is 0.150 e. The van der Waals surface area contributed by atoms with Gasteiger partial charge in [-0.2, -0.15) is 0 Å². The standard InChI is InChI=1S/C25H34ClN3O/c1-9-18(10-2)30-23-19(25(6,7)8)13-16(24(3,4)5)14-22(23)29-27-20-12-11-17(26)15-21(20)28-29/h11-15,18H,9-10H2,1-8H3. The average Bonchev–Trinajstić information content (AvgIpc) is 3.06. The molecule has 2 aromatic carbocycles. The molecule has 1 aromatic heterocycles. The molecule has 0 saturated carbocycles. The van der Waals surface area contributed by atoms with Gasteiger partial charge in [-0.1, -0.05) is 73.1 Å². The Morgan fingerprint density at radius 2 is 1.53 bits per heavy atom. The Balaban J connectivity index is 2.33. The van der Waals surface area contributed by atoms with Gasteiger partial charge in [0.15, 0.2) is 5.75 Å². The predicted molar refractivity (Wildman–Crippen MR) is 126 cm³/mol. The topological polar surface area (TPSA) is 39.9 Å². The second kappa shape index (κ2) is 8.22. The lowest BCUT2D eigenvalue weighted by Gasteiger charge is -2.30. The maximum absolute atomic E-state index is 6.62. The molecule has 0 aliphatic heterocycles. The molecule has 0 bridgehead atoms. The molecule has 0 saturated heterocycles. The third-order valence-electron chi connectivity index (χ3n) is 5.50. The summed E-state index contributed by atoms with van der Waals surface area (Å²) in [5.74, 6) is 0.871. The summed E-state index contributed by atoms with van der Waals surface area (Å²) in [6, 6.07) is 10.1. The van der Waals surface area contributed by atoms with Crippen molar-refractivity contribution in [3.05, 3.63) is 46.5 Å². The van der Waals surface area contributed by atoms with Crippen molar-refractivity contribution in [3.8, 4) is 11.4 Å². The van der Waals surface area contributed by atoms with Crippen LogP contribution in [-0.4, -0.2) is 21.1 Å². The molecule has 5 heteroatoms. The lowest BCUT2D eigenvalue weighted by molar-refractivity contribution is 0.187. The number of benzene rings is 2. The van der Waals surface area contributed by atoms with Gasteiger partial charge in [-0.15, -0.1) is 15.0 Å². The van der Waals surface area contributed by atoms with Gasteiger partial charge < -0.3 is 4.74 Å². The molecule has 4 nitrogen and oxygen atoms in total. The highest BCUT2D eigenvalue weighted by molar-refractivity contribution is 6.31. The van der Waals surface area contributed by atoms with Gasteiger partial charge >= 0.3 is 0 Å². The van der Waals surface area contributed by atoms with E-state index in [0.717, 1.165) is 35.3 Å². The maximum atomic E-state index is 6.62. The Labute approximate surface area is 185 Å². The minimum Gasteiger partial charge on any atom is -0.488 e.